The van der Waals surface area contributed by atoms with E-state index in [1.54, 1.807) is 17.5 Å². The van der Waals surface area contributed by atoms with Gasteiger partial charge in [0.1, 0.15) is 0 Å². The van der Waals surface area contributed by atoms with E-state index < -0.39 is 0 Å². The Bertz CT molecular complexity index is 735. The number of nitrogens with zero attached hydrogens (tertiary/aromatic N) is 2. The number of carbonyl (C=O) groups excluding carboxylic acids is 1. The largest absolute Gasteiger partial charge is 0.352 e. The molecule has 5 heteroatoms. The van der Waals surface area contributed by atoms with Crippen LogP contribution in [0.1, 0.15) is 22.4 Å². The summed E-state index contributed by atoms with van der Waals surface area (Å²) in [4.78, 5) is 13.3. The average Bonchev–Trinajstić information content (AvgIpc) is 3.25. The van der Waals surface area contributed by atoms with Gasteiger partial charge in [0.05, 0.1) is 6.54 Å². The zero-order chi connectivity index (χ0) is 15.9. The molecule has 0 unspecified atom stereocenters. The van der Waals surface area contributed by atoms with Crippen molar-refractivity contribution in [1.29, 1.82) is 0 Å². The monoisotopic (exact) mass is 325 g/mol. The van der Waals surface area contributed by atoms with Crippen molar-refractivity contribution in [2.24, 2.45) is 0 Å². The van der Waals surface area contributed by atoms with Crippen LogP contribution >= 0.6 is 11.3 Å². The van der Waals surface area contributed by atoms with E-state index in [1.807, 2.05) is 40.5 Å². The van der Waals surface area contributed by atoms with Crippen LogP contribution in [-0.2, 0) is 24.3 Å². The van der Waals surface area contributed by atoms with Crippen molar-refractivity contribution in [2.75, 3.05) is 0 Å². The lowest BCUT2D eigenvalue weighted by molar-refractivity contribution is -0.121. The number of hydrogen-bond donors (Lipinski definition) is 1. The lowest BCUT2D eigenvalue weighted by Gasteiger charge is -2.11. The number of hydrogen-bond acceptors (Lipinski definition) is 3. The Balaban J connectivity index is 1.54. The molecule has 0 saturated carbocycles. The summed E-state index contributed by atoms with van der Waals surface area (Å²) in [6.07, 6.45) is 5.05. The number of aromatic nitrogens is 2. The third kappa shape index (κ3) is 4.53. The topological polar surface area (TPSA) is 46.9 Å². The van der Waals surface area contributed by atoms with Crippen LogP contribution in [0.5, 0.6) is 0 Å². The van der Waals surface area contributed by atoms with E-state index in [9.17, 15) is 4.79 Å². The number of carbonyl (C=O) groups is 1. The van der Waals surface area contributed by atoms with Gasteiger partial charge in [-0.1, -0.05) is 30.3 Å². The SMILES string of the molecule is O=C(CCc1cccs1)NCc1ccccc1Cn1cccn1. The molecular formula is C18H19N3OS. The first-order chi connectivity index (χ1) is 11.3. The van der Waals surface area contributed by atoms with Crippen molar-refractivity contribution in [1.82, 2.24) is 15.1 Å². The van der Waals surface area contributed by atoms with Gasteiger partial charge in [-0.15, -0.1) is 11.3 Å². The standard InChI is InChI=1S/C18H19N3OS/c22-18(9-8-17-7-3-12-23-17)19-13-15-5-1-2-6-16(15)14-21-11-4-10-20-21/h1-7,10-12H,8-9,13-14H2,(H,19,22). The second-order valence-corrected chi connectivity index (χ2v) is 6.36. The Morgan fingerprint density at radius 3 is 2.74 bits per heavy atom. The second kappa shape index (κ2) is 7.74. The number of nitrogens with one attached hydrogen (secondary N) is 1. The molecule has 0 radical (unpaired) electrons. The molecular weight excluding hydrogens is 306 g/mol. The quantitative estimate of drug-likeness (QED) is 0.725. The molecule has 3 aromatic rings. The van der Waals surface area contributed by atoms with Gasteiger partial charge in [-0.3, -0.25) is 9.48 Å². The van der Waals surface area contributed by atoms with E-state index in [4.69, 9.17) is 0 Å². The first kappa shape index (κ1) is 15.5. The molecule has 3 rings (SSSR count). The highest BCUT2D eigenvalue weighted by Crippen LogP contribution is 2.12. The minimum Gasteiger partial charge on any atom is -0.352 e. The van der Waals surface area contributed by atoms with Crippen LogP contribution in [0.3, 0.4) is 0 Å². The summed E-state index contributed by atoms with van der Waals surface area (Å²) >= 11 is 1.69. The maximum absolute atomic E-state index is 12.0. The van der Waals surface area contributed by atoms with Crippen molar-refractivity contribution in [2.45, 2.75) is 25.9 Å². The number of amides is 1. The van der Waals surface area contributed by atoms with E-state index in [2.05, 4.69) is 28.6 Å². The van der Waals surface area contributed by atoms with E-state index in [1.165, 1.54) is 10.4 Å². The first-order valence-corrected chi connectivity index (χ1v) is 8.52. The molecule has 23 heavy (non-hydrogen) atoms. The maximum Gasteiger partial charge on any atom is 0.220 e. The fourth-order valence-corrected chi connectivity index (χ4v) is 3.14. The Hall–Kier alpha value is -2.40. The molecule has 0 aliphatic heterocycles. The normalized spacial score (nSPS) is 10.6. The van der Waals surface area contributed by atoms with Crippen LogP contribution in [0.2, 0.25) is 0 Å². The van der Waals surface area contributed by atoms with Crippen molar-refractivity contribution >= 4 is 17.2 Å². The number of thiophene rings is 1. The van der Waals surface area contributed by atoms with Crippen LogP contribution in [0.4, 0.5) is 0 Å². The fourth-order valence-electron chi connectivity index (χ4n) is 2.43. The molecule has 0 aliphatic rings. The van der Waals surface area contributed by atoms with Gasteiger partial charge in [-0.25, -0.2) is 0 Å². The molecule has 1 aromatic carbocycles. The van der Waals surface area contributed by atoms with Gasteiger partial charge in [0.15, 0.2) is 0 Å². The number of rotatable bonds is 7. The van der Waals surface area contributed by atoms with Crippen LogP contribution in [0.15, 0.2) is 60.2 Å². The van der Waals surface area contributed by atoms with E-state index in [0.717, 1.165) is 12.0 Å². The Labute approximate surface area is 139 Å². The minimum atomic E-state index is 0.0901. The van der Waals surface area contributed by atoms with E-state index in [0.29, 0.717) is 19.5 Å². The summed E-state index contributed by atoms with van der Waals surface area (Å²) in [5, 5.41) is 9.29. The summed E-state index contributed by atoms with van der Waals surface area (Å²) in [6, 6.07) is 14.1. The zero-order valence-corrected chi connectivity index (χ0v) is 13.6. The molecule has 0 atom stereocenters. The zero-order valence-electron chi connectivity index (χ0n) is 12.8. The van der Waals surface area contributed by atoms with Crippen molar-refractivity contribution < 1.29 is 4.79 Å². The third-order valence-electron chi connectivity index (χ3n) is 3.66. The van der Waals surface area contributed by atoms with Gasteiger partial charge in [0.25, 0.3) is 0 Å². The first-order valence-electron chi connectivity index (χ1n) is 7.64. The Morgan fingerprint density at radius 1 is 1.13 bits per heavy atom. The van der Waals surface area contributed by atoms with Crippen molar-refractivity contribution in [3.8, 4) is 0 Å². The summed E-state index contributed by atoms with van der Waals surface area (Å²) in [5.41, 5.74) is 2.31. The van der Waals surface area contributed by atoms with Gasteiger partial charge in [-0.05, 0) is 35.1 Å². The molecule has 2 heterocycles. The van der Waals surface area contributed by atoms with Gasteiger partial charge >= 0.3 is 0 Å². The highest BCUT2D eigenvalue weighted by molar-refractivity contribution is 7.09. The van der Waals surface area contributed by atoms with E-state index >= 15 is 0 Å². The average molecular weight is 325 g/mol. The fraction of sp³-hybridized carbons (Fsp3) is 0.222. The molecule has 0 saturated heterocycles. The van der Waals surface area contributed by atoms with Crippen LogP contribution in [-0.4, -0.2) is 15.7 Å². The summed E-state index contributed by atoms with van der Waals surface area (Å²) < 4.78 is 1.89. The van der Waals surface area contributed by atoms with Gasteiger partial charge < -0.3 is 5.32 Å². The lowest BCUT2D eigenvalue weighted by atomic mass is 10.1. The Morgan fingerprint density at radius 2 is 2.00 bits per heavy atom. The van der Waals surface area contributed by atoms with Crippen LogP contribution in [0.25, 0.3) is 0 Å². The predicted octanol–water partition coefficient (Wildman–Crippen LogP) is 3.24. The number of benzene rings is 1. The molecule has 2 aromatic heterocycles. The van der Waals surface area contributed by atoms with Crippen LogP contribution in [0, 0.1) is 0 Å². The van der Waals surface area contributed by atoms with E-state index in [-0.39, 0.29) is 5.91 Å². The molecule has 0 fully saturated rings. The molecule has 1 N–H and O–H groups in total. The molecule has 1 amide bonds. The third-order valence-corrected chi connectivity index (χ3v) is 4.60. The van der Waals surface area contributed by atoms with Gasteiger partial charge in [0, 0.05) is 30.2 Å². The number of aryl methyl sites for hydroxylation is 1. The highest BCUT2D eigenvalue weighted by Gasteiger charge is 2.06. The minimum absolute atomic E-state index is 0.0901. The maximum atomic E-state index is 12.0. The predicted molar refractivity (Wildman–Crippen MR) is 92.3 cm³/mol. The highest BCUT2D eigenvalue weighted by atomic mass is 32.1. The summed E-state index contributed by atoms with van der Waals surface area (Å²) in [6.45, 7) is 1.27. The molecule has 118 valence electrons. The lowest BCUT2D eigenvalue weighted by Crippen LogP contribution is -2.23. The molecule has 0 bridgehead atoms. The molecule has 0 aliphatic carbocycles. The molecule has 4 nitrogen and oxygen atoms in total. The summed E-state index contributed by atoms with van der Waals surface area (Å²) in [5.74, 6) is 0.0901. The Kier molecular flexibility index (Phi) is 5.21. The second-order valence-electron chi connectivity index (χ2n) is 5.33. The summed E-state index contributed by atoms with van der Waals surface area (Å²) in [7, 11) is 0. The van der Waals surface area contributed by atoms with Crippen molar-refractivity contribution in [3.63, 3.8) is 0 Å². The van der Waals surface area contributed by atoms with Gasteiger partial charge in [-0.2, -0.15) is 5.10 Å². The smallest absolute Gasteiger partial charge is 0.220 e. The van der Waals surface area contributed by atoms with Gasteiger partial charge in [0.2, 0.25) is 5.91 Å². The molecule has 0 spiro atoms. The van der Waals surface area contributed by atoms with Crippen LogP contribution < -0.4 is 5.32 Å². The van der Waals surface area contributed by atoms with Crippen molar-refractivity contribution in [3.05, 3.63) is 76.2 Å².